The van der Waals surface area contributed by atoms with Gasteiger partial charge in [-0.05, 0) is 137 Å². The third kappa shape index (κ3) is 6.59. The summed E-state index contributed by atoms with van der Waals surface area (Å²) in [6, 6.07) is 0. The molecule has 0 spiro atoms. The van der Waals surface area contributed by atoms with E-state index in [1.165, 1.54) is 51.4 Å². The Kier molecular flexibility index (Phi) is 9.42. The Bertz CT molecular complexity index is 950. The molecule has 0 unspecified atom stereocenters. The Morgan fingerprint density at radius 1 is 1.02 bits per heavy atom. The van der Waals surface area contributed by atoms with Gasteiger partial charge in [-0.15, -0.1) is 0 Å². The van der Waals surface area contributed by atoms with Crippen LogP contribution in [-0.2, 0) is 14.3 Å². The van der Waals surface area contributed by atoms with Gasteiger partial charge in [-0.3, -0.25) is 4.79 Å². The molecule has 0 aliphatic heterocycles. The van der Waals surface area contributed by atoms with Gasteiger partial charge in [-0.1, -0.05) is 53.2 Å². The van der Waals surface area contributed by atoms with Gasteiger partial charge in [0.15, 0.2) is 0 Å². The Labute approximate surface area is 245 Å². The van der Waals surface area contributed by atoms with E-state index in [1.807, 2.05) is 0 Å². The lowest BCUT2D eigenvalue weighted by Gasteiger charge is -2.58. The fraction of sp³-hybridized carbons (Fsp3) is 0.886. The summed E-state index contributed by atoms with van der Waals surface area (Å²) >= 11 is 0. The van der Waals surface area contributed by atoms with Crippen molar-refractivity contribution < 1.29 is 19.1 Å². The van der Waals surface area contributed by atoms with E-state index in [2.05, 4.69) is 52.9 Å². The molecule has 1 amide bonds. The number of fused-ring (bicyclic) bond motifs is 5. The molecule has 4 rings (SSSR count). The molecule has 4 aliphatic carbocycles. The quantitative estimate of drug-likeness (QED) is 0.239. The predicted octanol–water partition coefficient (Wildman–Crippen LogP) is 8.71. The van der Waals surface area contributed by atoms with Crippen molar-refractivity contribution in [1.29, 1.82) is 0 Å². The molecule has 0 bridgehead atoms. The van der Waals surface area contributed by atoms with E-state index in [9.17, 15) is 9.59 Å². The number of carbonyl (C=O) groups excluding carboxylic acids is 2. The minimum Gasteiger partial charge on any atom is -0.461 e. The summed E-state index contributed by atoms with van der Waals surface area (Å²) in [5.41, 5.74) is 2.09. The first-order valence-corrected chi connectivity index (χ1v) is 16.5. The van der Waals surface area contributed by atoms with Gasteiger partial charge in [0.2, 0.25) is 0 Å². The number of alkyl carbamates (subject to hydrolysis) is 1. The van der Waals surface area contributed by atoms with Crippen LogP contribution in [0, 0.1) is 52.3 Å². The second-order valence-corrected chi connectivity index (χ2v) is 16.0. The maximum absolute atomic E-state index is 12.5. The lowest BCUT2D eigenvalue weighted by molar-refractivity contribution is -0.150. The van der Waals surface area contributed by atoms with Crippen molar-refractivity contribution in [3.8, 4) is 0 Å². The minimum absolute atomic E-state index is 0.133. The molecule has 5 heteroatoms. The van der Waals surface area contributed by atoms with E-state index < -0.39 is 17.7 Å². The molecule has 0 aromatic rings. The largest absolute Gasteiger partial charge is 0.461 e. The van der Waals surface area contributed by atoms with Crippen LogP contribution in [0.15, 0.2) is 11.6 Å². The van der Waals surface area contributed by atoms with Gasteiger partial charge in [-0.2, -0.15) is 0 Å². The maximum atomic E-state index is 12.5. The molecular weight excluding hydrogens is 498 g/mol. The van der Waals surface area contributed by atoms with Crippen LogP contribution in [0.1, 0.15) is 127 Å². The maximum Gasteiger partial charge on any atom is 0.408 e. The van der Waals surface area contributed by atoms with Crippen molar-refractivity contribution in [2.45, 2.75) is 138 Å². The first-order chi connectivity index (χ1) is 18.6. The zero-order valence-electron chi connectivity index (χ0n) is 27.1. The highest BCUT2D eigenvalue weighted by Crippen LogP contribution is 2.67. The molecule has 3 fully saturated rings. The van der Waals surface area contributed by atoms with Crippen LogP contribution < -0.4 is 5.32 Å². The van der Waals surface area contributed by atoms with Gasteiger partial charge in [0.05, 0.1) is 0 Å². The van der Waals surface area contributed by atoms with Crippen LogP contribution in [0.4, 0.5) is 4.79 Å². The van der Waals surface area contributed by atoms with Crippen LogP contribution in [0.5, 0.6) is 0 Å². The molecule has 0 radical (unpaired) electrons. The van der Waals surface area contributed by atoms with E-state index in [1.54, 1.807) is 26.3 Å². The molecule has 5 nitrogen and oxygen atoms in total. The number of hydrogen-bond donors (Lipinski definition) is 1. The van der Waals surface area contributed by atoms with Gasteiger partial charge in [0.25, 0.3) is 0 Å². The lowest BCUT2D eigenvalue weighted by atomic mass is 9.46. The molecule has 0 saturated heterocycles. The monoisotopic (exact) mass is 557 g/mol. The van der Waals surface area contributed by atoms with Crippen molar-refractivity contribution in [3.63, 3.8) is 0 Å². The first kappa shape index (κ1) is 31.4. The molecule has 0 aromatic heterocycles. The third-order valence-corrected chi connectivity index (χ3v) is 11.8. The highest BCUT2D eigenvalue weighted by molar-refractivity contribution is 5.78. The SMILES string of the molecule is CC(C)[C@H](CC[C@@H](C)[C@H]1CC[C@H]2[C@@H]3CC=C4C[C@@H](C)CC[C@]4(C)[C@H]3CC[C@]12C)OC(=O)CNC(=O)OC(C)(C)C. The molecule has 0 heterocycles. The molecular formula is C35H59NO4. The van der Waals surface area contributed by atoms with Crippen molar-refractivity contribution in [2.75, 3.05) is 6.54 Å². The zero-order valence-corrected chi connectivity index (χ0v) is 27.1. The topological polar surface area (TPSA) is 64.6 Å². The summed E-state index contributed by atoms with van der Waals surface area (Å²) < 4.78 is 11.1. The summed E-state index contributed by atoms with van der Waals surface area (Å²) in [7, 11) is 0. The first-order valence-electron chi connectivity index (χ1n) is 16.5. The fourth-order valence-corrected chi connectivity index (χ4v) is 9.64. The van der Waals surface area contributed by atoms with E-state index in [0.29, 0.717) is 16.7 Å². The molecule has 40 heavy (non-hydrogen) atoms. The third-order valence-electron chi connectivity index (χ3n) is 11.8. The van der Waals surface area contributed by atoms with Crippen LogP contribution in [0.2, 0.25) is 0 Å². The number of esters is 1. The van der Waals surface area contributed by atoms with Crippen molar-refractivity contribution in [2.24, 2.45) is 52.3 Å². The normalized spacial score (nSPS) is 37.0. The molecule has 1 N–H and O–H groups in total. The molecule has 228 valence electrons. The Morgan fingerprint density at radius 3 is 2.42 bits per heavy atom. The predicted molar refractivity (Wildman–Crippen MR) is 162 cm³/mol. The second kappa shape index (κ2) is 12.0. The molecule has 4 aliphatic rings. The molecule has 0 aromatic carbocycles. The van der Waals surface area contributed by atoms with Crippen molar-refractivity contribution >= 4 is 12.1 Å². The average molecular weight is 558 g/mol. The standard InChI is InChI=1S/C35H59NO4/c1-22(2)30(39-31(37)21-36-32(38)40-33(5,6)7)15-10-24(4)27-13-14-28-26-12-11-25-20-23(3)16-18-34(25,8)29(26)17-19-35(27,28)9/h11,22-24,26-30H,10,12-21H2,1-9H3,(H,36,38)/t23-,24+,26-,27+,28-,29-,30-,34-,35+/m0/s1. The van der Waals surface area contributed by atoms with Crippen molar-refractivity contribution in [1.82, 2.24) is 5.32 Å². The highest BCUT2D eigenvalue weighted by Gasteiger charge is 2.59. The van der Waals surface area contributed by atoms with E-state index in [-0.39, 0.29) is 18.6 Å². The zero-order chi connectivity index (χ0) is 29.5. The number of hydrogen-bond acceptors (Lipinski definition) is 4. The van der Waals surface area contributed by atoms with Gasteiger partial charge in [0, 0.05) is 0 Å². The Balaban J connectivity index is 1.33. The summed E-state index contributed by atoms with van der Waals surface area (Å²) in [5.74, 6) is 4.67. The summed E-state index contributed by atoms with van der Waals surface area (Å²) in [6.45, 7) is 19.6. The minimum atomic E-state index is -0.594. The number of amides is 1. The van der Waals surface area contributed by atoms with Crippen LogP contribution in [-0.4, -0.2) is 30.3 Å². The smallest absolute Gasteiger partial charge is 0.408 e. The van der Waals surface area contributed by atoms with Gasteiger partial charge in [0.1, 0.15) is 18.2 Å². The number of rotatable bonds is 8. The van der Waals surface area contributed by atoms with Crippen LogP contribution >= 0.6 is 0 Å². The Morgan fingerprint density at radius 2 is 1.75 bits per heavy atom. The number of allylic oxidation sites excluding steroid dienone is 2. The molecule has 9 atom stereocenters. The van der Waals surface area contributed by atoms with E-state index >= 15 is 0 Å². The van der Waals surface area contributed by atoms with E-state index in [0.717, 1.165) is 42.4 Å². The Hall–Kier alpha value is -1.52. The van der Waals surface area contributed by atoms with Crippen LogP contribution in [0.3, 0.4) is 0 Å². The van der Waals surface area contributed by atoms with Gasteiger partial charge < -0.3 is 14.8 Å². The van der Waals surface area contributed by atoms with Crippen molar-refractivity contribution in [3.05, 3.63) is 11.6 Å². The number of carbonyl (C=O) groups is 2. The summed E-state index contributed by atoms with van der Waals surface area (Å²) in [6.07, 6.45) is 14.9. The van der Waals surface area contributed by atoms with Gasteiger partial charge in [-0.25, -0.2) is 4.79 Å². The van der Waals surface area contributed by atoms with Crippen LogP contribution in [0.25, 0.3) is 0 Å². The van der Waals surface area contributed by atoms with Gasteiger partial charge >= 0.3 is 12.1 Å². The lowest BCUT2D eigenvalue weighted by Crippen LogP contribution is -2.50. The second-order valence-electron chi connectivity index (χ2n) is 16.0. The number of ether oxygens (including phenoxy) is 2. The average Bonchev–Trinajstić information content (AvgIpc) is 3.21. The molecule has 3 saturated carbocycles. The fourth-order valence-electron chi connectivity index (χ4n) is 9.64. The highest BCUT2D eigenvalue weighted by atomic mass is 16.6. The number of nitrogens with one attached hydrogen (secondary N) is 1. The summed E-state index contributed by atoms with van der Waals surface area (Å²) in [4.78, 5) is 24.5. The summed E-state index contributed by atoms with van der Waals surface area (Å²) in [5, 5.41) is 2.53. The van der Waals surface area contributed by atoms with E-state index in [4.69, 9.17) is 9.47 Å².